The van der Waals surface area contributed by atoms with Gasteiger partial charge >= 0.3 is 0 Å². The van der Waals surface area contributed by atoms with Gasteiger partial charge < -0.3 is 10.0 Å². The van der Waals surface area contributed by atoms with Gasteiger partial charge in [-0.2, -0.15) is 0 Å². The average Bonchev–Trinajstić information content (AvgIpc) is 2.58. The number of carbonyl (C=O) groups is 1. The zero-order chi connectivity index (χ0) is 17.1. The van der Waals surface area contributed by atoms with Crippen molar-refractivity contribution < 1.29 is 9.90 Å². The standard InChI is InChI=1S/C18H22ClN3O2/c1-21(12-17(24)22-9-6-14(23)7-10-22)11-15-16(19)5-4-13-3-2-8-20-18(13)15/h2-5,8,14,23H,6-7,9-12H2,1H3. The first-order chi connectivity index (χ1) is 11.5. The van der Waals surface area contributed by atoms with Gasteiger partial charge in [0.15, 0.2) is 0 Å². The molecule has 0 aliphatic carbocycles. The first kappa shape index (κ1) is 17.1. The normalized spacial score (nSPS) is 16.1. The molecular formula is C18H22ClN3O2. The van der Waals surface area contributed by atoms with Crippen LogP contribution in [0.5, 0.6) is 0 Å². The van der Waals surface area contributed by atoms with Gasteiger partial charge in [0.25, 0.3) is 0 Å². The van der Waals surface area contributed by atoms with Crippen molar-refractivity contribution in [1.82, 2.24) is 14.8 Å². The van der Waals surface area contributed by atoms with Crippen molar-refractivity contribution in [2.45, 2.75) is 25.5 Å². The molecule has 0 unspecified atom stereocenters. The van der Waals surface area contributed by atoms with Crippen LogP contribution in [0, 0.1) is 0 Å². The molecule has 1 aromatic heterocycles. The third kappa shape index (κ3) is 3.86. The van der Waals surface area contributed by atoms with E-state index in [2.05, 4.69) is 4.98 Å². The Kier molecular flexibility index (Phi) is 5.33. The van der Waals surface area contributed by atoms with Gasteiger partial charge in [-0.05, 0) is 32.0 Å². The molecule has 1 fully saturated rings. The summed E-state index contributed by atoms with van der Waals surface area (Å²) in [6.45, 7) is 2.15. The maximum absolute atomic E-state index is 12.4. The largest absolute Gasteiger partial charge is 0.393 e. The number of aliphatic hydroxyl groups is 1. The van der Waals surface area contributed by atoms with E-state index >= 15 is 0 Å². The number of carbonyl (C=O) groups excluding carboxylic acids is 1. The first-order valence-corrected chi connectivity index (χ1v) is 8.59. The van der Waals surface area contributed by atoms with Crippen LogP contribution < -0.4 is 0 Å². The fraction of sp³-hybridized carbons (Fsp3) is 0.444. The predicted molar refractivity (Wildman–Crippen MR) is 94.9 cm³/mol. The summed E-state index contributed by atoms with van der Waals surface area (Å²) in [5, 5.41) is 11.3. The average molecular weight is 348 g/mol. The second-order valence-electron chi connectivity index (χ2n) is 6.39. The highest BCUT2D eigenvalue weighted by atomic mass is 35.5. The van der Waals surface area contributed by atoms with Gasteiger partial charge in [0.05, 0.1) is 18.2 Å². The lowest BCUT2D eigenvalue weighted by atomic mass is 10.1. The van der Waals surface area contributed by atoms with E-state index in [1.807, 2.05) is 41.1 Å². The molecule has 128 valence electrons. The number of likely N-dealkylation sites (tertiary alicyclic amines) is 1. The number of fused-ring (bicyclic) bond motifs is 1. The second-order valence-corrected chi connectivity index (χ2v) is 6.79. The summed E-state index contributed by atoms with van der Waals surface area (Å²) in [4.78, 5) is 20.6. The van der Waals surface area contributed by atoms with E-state index in [0.29, 0.717) is 44.0 Å². The number of pyridine rings is 1. The van der Waals surface area contributed by atoms with Gasteiger partial charge in [-0.15, -0.1) is 0 Å². The summed E-state index contributed by atoms with van der Waals surface area (Å²) >= 11 is 6.36. The Morgan fingerprint density at radius 2 is 2.12 bits per heavy atom. The summed E-state index contributed by atoms with van der Waals surface area (Å²) in [5.74, 6) is 0.0914. The number of benzene rings is 1. The van der Waals surface area contributed by atoms with Crippen LogP contribution in [0.2, 0.25) is 5.02 Å². The fourth-order valence-electron chi connectivity index (χ4n) is 3.10. The number of rotatable bonds is 4. The van der Waals surface area contributed by atoms with Crippen molar-refractivity contribution in [3.63, 3.8) is 0 Å². The lowest BCUT2D eigenvalue weighted by Gasteiger charge is -2.31. The monoisotopic (exact) mass is 347 g/mol. The second kappa shape index (κ2) is 7.47. The Labute approximate surface area is 146 Å². The Bertz CT molecular complexity index is 729. The van der Waals surface area contributed by atoms with Crippen molar-refractivity contribution in [3.8, 4) is 0 Å². The minimum atomic E-state index is -0.271. The minimum Gasteiger partial charge on any atom is -0.393 e. The summed E-state index contributed by atoms with van der Waals surface area (Å²) in [6, 6.07) is 7.74. The number of aromatic nitrogens is 1. The third-order valence-corrected chi connectivity index (χ3v) is 4.83. The summed E-state index contributed by atoms with van der Waals surface area (Å²) < 4.78 is 0. The number of aliphatic hydroxyl groups excluding tert-OH is 1. The van der Waals surface area contributed by atoms with E-state index in [9.17, 15) is 9.90 Å². The van der Waals surface area contributed by atoms with Gasteiger partial charge in [0, 0.05) is 41.8 Å². The van der Waals surface area contributed by atoms with Crippen molar-refractivity contribution in [2.75, 3.05) is 26.7 Å². The zero-order valence-electron chi connectivity index (χ0n) is 13.8. The SMILES string of the molecule is CN(CC(=O)N1CCC(O)CC1)Cc1c(Cl)ccc2cccnc12. The topological polar surface area (TPSA) is 56.7 Å². The predicted octanol–water partition coefficient (Wildman–Crippen LogP) is 2.30. The molecular weight excluding hydrogens is 326 g/mol. The molecule has 0 radical (unpaired) electrons. The molecule has 1 aliphatic rings. The molecule has 1 amide bonds. The highest BCUT2D eigenvalue weighted by molar-refractivity contribution is 6.32. The number of likely N-dealkylation sites (N-methyl/N-ethyl adjacent to an activating group) is 1. The smallest absolute Gasteiger partial charge is 0.236 e. The van der Waals surface area contributed by atoms with Gasteiger partial charge in [-0.3, -0.25) is 14.7 Å². The zero-order valence-corrected chi connectivity index (χ0v) is 14.5. The molecule has 1 aromatic carbocycles. The molecule has 0 bridgehead atoms. The molecule has 0 saturated carbocycles. The summed E-state index contributed by atoms with van der Waals surface area (Å²) in [6.07, 6.45) is 2.81. The molecule has 1 N–H and O–H groups in total. The van der Waals surface area contributed by atoms with Crippen molar-refractivity contribution in [3.05, 3.63) is 41.0 Å². The number of nitrogens with zero attached hydrogens (tertiary/aromatic N) is 3. The maximum atomic E-state index is 12.4. The number of hydrogen-bond donors (Lipinski definition) is 1. The first-order valence-electron chi connectivity index (χ1n) is 8.21. The van der Waals surface area contributed by atoms with E-state index in [0.717, 1.165) is 16.5 Å². The fourth-order valence-corrected chi connectivity index (χ4v) is 3.32. The molecule has 1 saturated heterocycles. The number of hydrogen-bond acceptors (Lipinski definition) is 4. The lowest BCUT2D eigenvalue weighted by molar-refractivity contribution is -0.134. The highest BCUT2D eigenvalue weighted by Gasteiger charge is 2.22. The molecule has 5 nitrogen and oxygen atoms in total. The van der Waals surface area contributed by atoms with Crippen LogP contribution in [0.1, 0.15) is 18.4 Å². The Morgan fingerprint density at radius 3 is 2.88 bits per heavy atom. The van der Waals surface area contributed by atoms with Gasteiger partial charge in [-0.1, -0.05) is 23.7 Å². The molecule has 0 atom stereocenters. The molecule has 2 heterocycles. The van der Waals surface area contributed by atoms with Crippen LogP contribution in [0.25, 0.3) is 10.9 Å². The van der Waals surface area contributed by atoms with E-state index < -0.39 is 0 Å². The van der Waals surface area contributed by atoms with Crippen LogP contribution in [0.4, 0.5) is 0 Å². The number of halogens is 1. The molecule has 24 heavy (non-hydrogen) atoms. The molecule has 2 aromatic rings. The Hall–Kier alpha value is -1.69. The van der Waals surface area contributed by atoms with E-state index in [-0.39, 0.29) is 12.0 Å². The van der Waals surface area contributed by atoms with Crippen LogP contribution in [0.3, 0.4) is 0 Å². The van der Waals surface area contributed by atoms with Gasteiger partial charge in [-0.25, -0.2) is 0 Å². The minimum absolute atomic E-state index is 0.0914. The molecule has 6 heteroatoms. The van der Waals surface area contributed by atoms with Crippen molar-refractivity contribution >= 4 is 28.4 Å². The van der Waals surface area contributed by atoms with Gasteiger partial charge in [0.2, 0.25) is 5.91 Å². The van der Waals surface area contributed by atoms with Crippen LogP contribution in [0.15, 0.2) is 30.5 Å². The molecule has 0 spiro atoms. The van der Waals surface area contributed by atoms with E-state index in [1.165, 1.54) is 0 Å². The Balaban J connectivity index is 1.68. The Morgan fingerprint density at radius 1 is 1.38 bits per heavy atom. The summed E-state index contributed by atoms with van der Waals surface area (Å²) in [5.41, 5.74) is 1.82. The molecule has 3 rings (SSSR count). The van der Waals surface area contributed by atoms with E-state index in [1.54, 1.807) is 6.20 Å². The van der Waals surface area contributed by atoms with E-state index in [4.69, 9.17) is 11.6 Å². The third-order valence-electron chi connectivity index (χ3n) is 4.47. The van der Waals surface area contributed by atoms with Gasteiger partial charge in [0.1, 0.15) is 0 Å². The lowest BCUT2D eigenvalue weighted by Crippen LogP contribution is -2.44. The van der Waals surface area contributed by atoms with Crippen LogP contribution in [-0.2, 0) is 11.3 Å². The maximum Gasteiger partial charge on any atom is 0.236 e. The number of piperidine rings is 1. The molecule has 1 aliphatic heterocycles. The van der Waals surface area contributed by atoms with Crippen molar-refractivity contribution in [2.24, 2.45) is 0 Å². The quantitative estimate of drug-likeness (QED) is 0.922. The number of amides is 1. The van der Waals surface area contributed by atoms with Crippen molar-refractivity contribution in [1.29, 1.82) is 0 Å². The van der Waals surface area contributed by atoms with Crippen LogP contribution >= 0.6 is 11.6 Å². The highest BCUT2D eigenvalue weighted by Crippen LogP contribution is 2.25. The summed E-state index contributed by atoms with van der Waals surface area (Å²) in [7, 11) is 1.91. The van der Waals surface area contributed by atoms with Crippen LogP contribution in [-0.4, -0.2) is 58.6 Å².